The van der Waals surface area contributed by atoms with Gasteiger partial charge in [-0.05, 0) is 49.1 Å². The summed E-state index contributed by atoms with van der Waals surface area (Å²) in [5.74, 6) is 3.73. The number of ether oxygens (including phenoxy) is 1. The van der Waals surface area contributed by atoms with E-state index in [0.717, 1.165) is 16.9 Å². The van der Waals surface area contributed by atoms with Crippen LogP contribution in [0.5, 0.6) is 5.75 Å². The molecule has 0 bridgehead atoms. The lowest BCUT2D eigenvalue weighted by Gasteiger charge is -2.16. The van der Waals surface area contributed by atoms with Crippen molar-refractivity contribution in [2.75, 3.05) is 7.11 Å². The molecule has 0 amide bonds. The third kappa shape index (κ3) is 2.56. The molecule has 20 heavy (non-hydrogen) atoms. The molecule has 2 rings (SSSR count). The fourth-order valence-corrected chi connectivity index (χ4v) is 2.52. The molecular weight excluding hydrogens is 244 g/mol. The largest absolute Gasteiger partial charge is 0.496 e. The molecule has 0 aliphatic carbocycles. The first-order valence-corrected chi connectivity index (χ1v) is 6.79. The fraction of sp³-hybridized carbons (Fsp3) is 0.263. The maximum absolute atomic E-state index is 5.58. The zero-order chi connectivity index (χ0) is 14.7. The first kappa shape index (κ1) is 14.2. The summed E-state index contributed by atoms with van der Waals surface area (Å²) in [4.78, 5) is 0. The van der Waals surface area contributed by atoms with Gasteiger partial charge in [0.25, 0.3) is 0 Å². The minimum atomic E-state index is 0.0934. The Morgan fingerprint density at radius 1 is 1.10 bits per heavy atom. The molecule has 0 N–H and O–H groups in total. The van der Waals surface area contributed by atoms with Crippen molar-refractivity contribution < 1.29 is 4.74 Å². The Morgan fingerprint density at radius 2 is 1.75 bits per heavy atom. The van der Waals surface area contributed by atoms with Crippen molar-refractivity contribution in [1.29, 1.82) is 0 Å². The van der Waals surface area contributed by atoms with Crippen LogP contribution in [0.2, 0.25) is 0 Å². The normalized spacial score (nSPS) is 11.8. The summed E-state index contributed by atoms with van der Waals surface area (Å²) < 4.78 is 5.58. The molecule has 0 aliphatic heterocycles. The molecule has 0 fully saturated rings. The van der Waals surface area contributed by atoms with Gasteiger partial charge in [-0.2, -0.15) is 0 Å². The zero-order valence-corrected chi connectivity index (χ0v) is 12.5. The standard InChI is InChI=1S/C19H20O/c1-6-13(2)16-10-11-17(18(12-16)20-5)19-14(3)8-7-9-15(19)4/h1,7-13H,2-5H3/t13-/m0/s1. The second-order valence-corrected chi connectivity index (χ2v) is 5.11. The Hall–Kier alpha value is -2.20. The van der Waals surface area contributed by atoms with Gasteiger partial charge in [0.15, 0.2) is 0 Å². The monoisotopic (exact) mass is 264 g/mol. The topological polar surface area (TPSA) is 9.23 Å². The van der Waals surface area contributed by atoms with E-state index in [4.69, 9.17) is 11.2 Å². The second-order valence-electron chi connectivity index (χ2n) is 5.11. The van der Waals surface area contributed by atoms with E-state index < -0.39 is 0 Å². The van der Waals surface area contributed by atoms with Crippen molar-refractivity contribution >= 4 is 0 Å². The average molecular weight is 264 g/mol. The molecule has 0 aliphatic rings. The minimum Gasteiger partial charge on any atom is -0.496 e. The van der Waals surface area contributed by atoms with Crippen LogP contribution in [0.3, 0.4) is 0 Å². The zero-order valence-electron chi connectivity index (χ0n) is 12.5. The van der Waals surface area contributed by atoms with Gasteiger partial charge in [0, 0.05) is 11.5 Å². The predicted octanol–water partition coefficient (Wildman–Crippen LogP) is 4.72. The molecular formula is C19H20O. The van der Waals surface area contributed by atoms with Gasteiger partial charge in [-0.3, -0.25) is 0 Å². The van der Waals surface area contributed by atoms with Gasteiger partial charge >= 0.3 is 0 Å². The molecule has 0 saturated heterocycles. The fourth-order valence-electron chi connectivity index (χ4n) is 2.52. The molecule has 2 aromatic carbocycles. The SMILES string of the molecule is C#C[C@H](C)c1ccc(-c2c(C)cccc2C)c(OC)c1. The van der Waals surface area contributed by atoms with Crippen molar-refractivity contribution in [1.82, 2.24) is 0 Å². The van der Waals surface area contributed by atoms with Gasteiger partial charge in [0.05, 0.1) is 7.11 Å². The number of methoxy groups -OCH3 is 1. The van der Waals surface area contributed by atoms with Crippen LogP contribution in [0.15, 0.2) is 36.4 Å². The molecule has 0 saturated carbocycles. The lowest BCUT2D eigenvalue weighted by Crippen LogP contribution is -1.96. The van der Waals surface area contributed by atoms with Gasteiger partial charge in [-0.25, -0.2) is 0 Å². The summed E-state index contributed by atoms with van der Waals surface area (Å²) in [6, 6.07) is 12.6. The Labute approximate surface area is 121 Å². The number of terminal acetylenes is 1. The summed E-state index contributed by atoms with van der Waals surface area (Å²) in [6.45, 7) is 6.27. The van der Waals surface area contributed by atoms with Crippen molar-refractivity contribution in [3.8, 4) is 29.2 Å². The lowest BCUT2D eigenvalue weighted by molar-refractivity contribution is 0.416. The second kappa shape index (κ2) is 5.84. The minimum absolute atomic E-state index is 0.0934. The van der Waals surface area contributed by atoms with Gasteiger partial charge in [0.1, 0.15) is 5.75 Å². The average Bonchev–Trinajstić information content (AvgIpc) is 2.46. The van der Waals surface area contributed by atoms with Crippen LogP contribution in [-0.2, 0) is 0 Å². The number of aryl methyl sites for hydroxylation is 2. The van der Waals surface area contributed by atoms with E-state index >= 15 is 0 Å². The Balaban J connectivity index is 2.61. The van der Waals surface area contributed by atoms with Crippen LogP contribution in [0.1, 0.15) is 29.5 Å². The summed E-state index contributed by atoms with van der Waals surface area (Å²) in [6.07, 6.45) is 5.50. The molecule has 1 heteroatoms. The Bertz CT molecular complexity index is 642. The summed E-state index contributed by atoms with van der Waals surface area (Å²) in [5.41, 5.74) is 5.97. The van der Waals surface area contributed by atoms with Gasteiger partial charge in [-0.15, -0.1) is 6.42 Å². The molecule has 0 aromatic heterocycles. The highest BCUT2D eigenvalue weighted by Crippen LogP contribution is 2.36. The van der Waals surface area contributed by atoms with Gasteiger partial charge in [0.2, 0.25) is 0 Å². The van der Waals surface area contributed by atoms with Crippen molar-refractivity contribution in [3.63, 3.8) is 0 Å². The highest BCUT2D eigenvalue weighted by Gasteiger charge is 2.13. The molecule has 1 nitrogen and oxygen atoms in total. The predicted molar refractivity (Wildman–Crippen MR) is 85.2 cm³/mol. The number of benzene rings is 2. The van der Waals surface area contributed by atoms with Gasteiger partial charge in [-0.1, -0.05) is 36.3 Å². The quantitative estimate of drug-likeness (QED) is 0.729. The van der Waals surface area contributed by atoms with E-state index in [0.29, 0.717) is 0 Å². The molecule has 1 atom stereocenters. The molecule has 2 aromatic rings. The van der Waals surface area contributed by atoms with E-state index in [9.17, 15) is 0 Å². The first-order chi connectivity index (χ1) is 9.58. The van der Waals surface area contributed by atoms with E-state index in [2.05, 4.69) is 50.1 Å². The summed E-state index contributed by atoms with van der Waals surface area (Å²) >= 11 is 0. The third-order valence-corrected chi connectivity index (χ3v) is 3.73. The molecule has 0 radical (unpaired) electrons. The Kier molecular flexibility index (Phi) is 4.15. The summed E-state index contributed by atoms with van der Waals surface area (Å²) in [5, 5.41) is 0. The van der Waals surface area contributed by atoms with Crippen molar-refractivity contribution in [2.45, 2.75) is 26.7 Å². The number of hydrogen-bond acceptors (Lipinski definition) is 1. The number of hydrogen-bond donors (Lipinski definition) is 0. The lowest BCUT2D eigenvalue weighted by atomic mass is 9.92. The van der Waals surface area contributed by atoms with Crippen LogP contribution in [0.25, 0.3) is 11.1 Å². The molecule has 102 valence electrons. The molecule has 0 spiro atoms. The van der Waals surface area contributed by atoms with Crippen LogP contribution in [0.4, 0.5) is 0 Å². The van der Waals surface area contributed by atoms with E-state index in [-0.39, 0.29) is 5.92 Å². The maximum atomic E-state index is 5.58. The Morgan fingerprint density at radius 3 is 2.30 bits per heavy atom. The van der Waals surface area contributed by atoms with Crippen molar-refractivity contribution in [3.05, 3.63) is 53.1 Å². The van der Waals surface area contributed by atoms with E-state index in [1.165, 1.54) is 16.7 Å². The van der Waals surface area contributed by atoms with Crippen LogP contribution >= 0.6 is 0 Å². The highest BCUT2D eigenvalue weighted by molar-refractivity contribution is 5.76. The third-order valence-electron chi connectivity index (χ3n) is 3.73. The maximum Gasteiger partial charge on any atom is 0.127 e. The van der Waals surface area contributed by atoms with Crippen LogP contribution in [0, 0.1) is 26.2 Å². The molecule has 0 unspecified atom stereocenters. The highest BCUT2D eigenvalue weighted by atomic mass is 16.5. The van der Waals surface area contributed by atoms with Crippen LogP contribution in [-0.4, -0.2) is 7.11 Å². The van der Waals surface area contributed by atoms with E-state index in [1.54, 1.807) is 7.11 Å². The first-order valence-electron chi connectivity index (χ1n) is 6.79. The van der Waals surface area contributed by atoms with E-state index in [1.807, 2.05) is 13.0 Å². The van der Waals surface area contributed by atoms with Crippen molar-refractivity contribution in [2.24, 2.45) is 0 Å². The smallest absolute Gasteiger partial charge is 0.127 e. The summed E-state index contributed by atoms with van der Waals surface area (Å²) in [7, 11) is 1.71. The molecule has 0 heterocycles. The van der Waals surface area contributed by atoms with Gasteiger partial charge < -0.3 is 4.74 Å². The number of rotatable bonds is 3. The van der Waals surface area contributed by atoms with Crippen LogP contribution < -0.4 is 4.74 Å².